The van der Waals surface area contributed by atoms with Gasteiger partial charge in [0.25, 0.3) is 11.6 Å². The SMILES string of the molecule is COc1cc([N+](=O)[O-])ccc1NC(=O)[C@@H](C)OC(=O)c1cc(C)n(C(C)C)c1C. The van der Waals surface area contributed by atoms with Gasteiger partial charge in [0.1, 0.15) is 5.75 Å². The van der Waals surface area contributed by atoms with Crippen LogP contribution < -0.4 is 10.1 Å². The van der Waals surface area contributed by atoms with Gasteiger partial charge in [-0.05, 0) is 46.8 Å². The van der Waals surface area contributed by atoms with E-state index in [0.29, 0.717) is 5.56 Å². The van der Waals surface area contributed by atoms with E-state index in [9.17, 15) is 19.7 Å². The van der Waals surface area contributed by atoms with Crippen molar-refractivity contribution in [3.05, 3.63) is 51.3 Å². The molecule has 9 nitrogen and oxygen atoms in total. The van der Waals surface area contributed by atoms with Crippen LogP contribution in [0.4, 0.5) is 11.4 Å². The Morgan fingerprint density at radius 3 is 2.34 bits per heavy atom. The summed E-state index contributed by atoms with van der Waals surface area (Å²) in [7, 11) is 1.34. The Bertz CT molecular complexity index is 948. The number of rotatable bonds is 7. The molecule has 0 saturated heterocycles. The van der Waals surface area contributed by atoms with E-state index < -0.39 is 22.9 Å². The van der Waals surface area contributed by atoms with Gasteiger partial charge in [-0.1, -0.05) is 0 Å². The molecule has 156 valence electrons. The summed E-state index contributed by atoms with van der Waals surface area (Å²) in [6.45, 7) is 9.22. The van der Waals surface area contributed by atoms with Gasteiger partial charge in [-0.25, -0.2) is 4.79 Å². The minimum absolute atomic E-state index is 0.131. The van der Waals surface area contributed by atoms with Crippen molar-refractivity contribution in [1.29, 1.82) is 0 Å². The molecule has 1 atom stereocenters. The Balaban J connectivity index is 2.13. The minimum atomic E-state index is -1.08. The van der Waals surface area contributed by atoms with E-state index in [2.05, 4.69) is 5.32 Å². The van der Waals surface area contributed by atoms with Crippen molar-refractivity contribution in [2.75, 3.05) is 12.4 Å². The lowest BCUT2D eigenvalue weighted by atomic mass is 10.2. The lowest BCUT2D eigenvalue weighted by molar-refractivity contribution is -0.384. The highest BCUT2D eigenvalue weighted by Crippen LogP contribution is 2.29. The van der Waals surface area contributed by atoms with Gasteiger partial charge in [-0.2, -0.15) is 0 Å². The maximum absolute atomic E-state index is 12.5. The van der Waals surface area contributed by atoms with E-state index in [0.717, 1.165) is 11.4 Å². The van der Waals surface area contributed by atoms with Crippen LogP contribution in [-0.4, -0.2) is 34.6 Å². The normalized spacial score (nSPS) is 11.8. The van der Waals surface area contributed by atoms with Gasteiger partial charge < -0.3 is 19.4 Å². The van der Waals surface area contributed by atoms with Crippen LogP contribution >= 0.6 is 0 Å². The number of aromatic nitrogens is 1. The highest BCUT2D eigenvalue weighted by atomic mass is 16.6. The fourth-order valence-corrected chi connectivity index (χ4v) is 3.19. The van der Waals surface area contributed by atoms with E-state index in [4.69, 9.17) is 9.47 Å². The number of aryl methyl sites for hydroxylation is 1. The Morgan fingerprint density at radius 2 is 1.83 bits per heavy atom. The van der Waals surface area contributed by atoms with E-state index in [1.54, 1.807) is 6.07 Å². The van der Waals surface area contributed by atoms with E-state index in [-0.39, 0.29) is 23.2 Å². The van der Waals surface area contributed by atoms with Crippen molar-refractivity contribution in [2.45, 2.75) is 46.8 Å². The number of benzene rings is 1. The van der Waals surface area contributed by atoms with Gasteiger partial charge in [0.2, 0.25) is 0 Å². The van der Waals surface area contributed by atoms with E-state index >= 15 is 0 Å². The maximum Gasteiger partial charge on any atom is 0.340 e. The molecule has 0 aliphatic carbocycles. The zero-order chi connectivity index (χ0) is 21.9. The molecule has 0 spiro atoms. The lowest BCUT2D eigenvalue weighted by Gasteiger charge is -2.16. The summed E-state index contributed by atoms with van der Waals surface area (Å²) < 4.78 is 12.4. The average Bonchev–Trinajstić information content (AvgIpc) is 2.96. The van der Waals surface area contributed by atoms with Crippen molar-refractivity contribution in [1.82, 2.24) is 4.57 Å². The number of anilines is 1. The van der Waals surface area contributed by atoms with Gasteiger partial charge in [0.05, 0.1) is 29.4 Å². The fraction of sp³-hybridized carbons (Fsp3) is 0.400. The standard InChI is InChI=1S/C20H25N3O6/c1-11(2)22-12(3)9-16(13(22)4)20(25)29-14(5)19(24)21-17-8-7-15(23(26)27)10-18(17)28-6/h7-11,14H,1-6H3,(H,21,24)/t14-/m1/s1. The molecule has 0 saturated carbocycles. The maximum atomic E-state index is 12.5. The van der Waals surface area contributed by atoms with Crippen LogP contribution in [-0.2, 0) is 9.53 Å². The number of hydrogen-bond donors (Lipinski definition) is 1. The summed E-state index contributed by atoms with van der Waals surface area (Å²) in [4.78, 5) is 35.3. The number of nitrogens with one attached hydrogen (secondary N) is 1. The van der Waals surface area contributed by atoms with Crippen LogP contribution in [0, 0.1) is 24.0 Å². The minimum Gasteiger partial charge on any atom is -0.494 e. The van der Waals surface area contributed by atoms with Crippen LogP contribution in [0.1, 0.15) is 48.6 Å². The third-order valence-electron chi connectivity index (χ3n) is 4.53. The number of methoxy groups -OCH3 is 1. The quantitative estimate of drug-likeness (QED) is 0.428. The van der Waals surface area contributed by atoms with Gasteiger partial charge >= 0.3 is 5.97 Å². The van der Waals surface area contributed by atoms with Crippen LogP contribution in [0.15, 0.2) is 24.3 Å². The van der Waals surface area contributed by atoms with Gasteiger partial charge in [0, 0.05) is 23.5 Å². The zero-order valence-electron chi connectivity index (χ0n) is 17.3. The summed E-state index contributed by atoms with van der Waals surface area (Å²) in [5.74, 6) is -1.04. The molecule has 29 heavy (non-hydrogen) atoms. The first kappa shape index (κ1) is 21.9. The second kappa shape index (κ2) is 8.76. The third kappa shape index (κ3) is 4.74. The van der Waals surface area contributed by atoms with E-state index in [1.807, 2.05) is 32.3 Å². The predicted molar refractivity (Wildman–Crippen MR) is 107 cm³/mol. The number of amides is 1. The Morgan fingerprint density at radius 1 is 1.17 bits per heavy atom. The van der Waals surface area contributed by atoms with Crippen molar-refractivity contribution in [3.63, 3.8) is 0 Å². The van der Waals surface area contributed by atoms with Crippen molar-refractivity contribution >= 4 is 23.3 Å². The highest BCUT2D eigenvalue weighted by molar-refractivity contribution is 5.98. The zero-order valence-corrected chi connectivity index (χ0v) is 17.3. The van der Waals surface area contributed by atoms with Crippen LogP contribution in [0.3, 0.4) is 0 Å². The molecule has 1 aromatic carbocycles. The molecule has 1 amide bonds. The smallest absolute Gasteiger partial charge is 0.340 e. The summed E-state index contributed by atoms with van der Waals surface area (Å²) in [5, 5.41) is 13.4. The number of nitro benzene ring substituents is 1. The number of hydrogen-bond acceptors (Lipinski definition) is 6. The lowest BCUT2D eigenvalue weighted by Crippen LogP contribution is -2.30. The summed E-state index contributed by atoms with van der Waals surface area (Å²) in [6.07, 6.45) is -1.08. The third-order valence-corrected chi connectivity index (χ3v) is 4.53. The number of ether oxygens (including phenoxy) is 2. The molecular formula is C20H25N3O6. The molecule has 2 rings (SSSR count). The van der Waals surface area contributed by atoms with Crippen molar-refractivity contribution in [3.8, 4) is 5.75 Å². The summed E-state index contributed by atoms with van der Waals surface area (Å²) in [5.41, 5.74) is 2.18. The second-order valence-corrected chi connectivity index (χ2v) is 6.93. The molecule has 0 unspecified atom stereocenters. The van der Waals surface area contributed by atoms with Crippen LogP contribution in [0.2, 0.25) is 0 Å². The molecule has 1 aromatic heterocycles. The number of carbonyl (C=O) groups is 2. The Labute approximate surface area is 168 Å². The molecule has 0 radical (unpaired) electrons. The van der Waals surface area contributed by atoms with Crippen molar-refractivity contribution in [2.24, 2.45) is 0 Å². The van der Waals surface area contributed by atoms with E-state index in [1.165, 1.54) is 32.2 Å². The predicted octanol–water partition coefficient (Wildman–Crippen LogP) is 3.79. The van der Waals surface area contributed by atoms with Gasteiger partial charge in [-0.3, -0.25) is 14.9 Å². The molecule has 0 aliphatic heterocycles. The number of esters is 1. The average molecular weight is 403 g/mol. The van der Waals surface area contributed by atoms with Crippen molar-refractivity contribution < 1.29 is 24.0 Å². The van der Waals surface area contributed by atoms with Crippen LogP contribution in [0.25, 0.3) is 0 Å². The first-order valence-electron chi connectivity index (χ1n) is 9.09. The molecule has 9 heteroatoms. The number of nitro groups is 1. The highest BCUT2D eigenvalue weighted by Gasteiger charge is 2.24. The first-order chi connectivity index (χ1) is 13.6. The summed E-state index contributed by atoms with van der Waals surface area (Å²) in [6, 6.07) is 5.73. The van der Waals surface area contributed by atoms with Gasteiger partial charge in [-0.15, -0.1) is 0 Å². The summed E-state index contributed by atoms with van der Waals surface area (Å²) >= 11 is 0. The molecule has 0 fully saturated rings. The largest absolute Gasteiger partial charge is 0.494 e. The molecular weight excluding hydrogens is 378 g/mol. The Hall–Kier alpha value is -3.36. The van der Waals surface area contributed by atoms with Gasteiger partial charge in [0.15, 0.2) is 6.10 Å². The number of non-ortho nitro benzene ring substituents is 1. The molecule has 1 N–H and O–H groups in total. The molecule has 0 aliphatic rings. The first-order valence-corrected chi connectivity index (χ1v) is 9.09. The molecule has 2 aromatic rings. The second-order valence-electron chi connectivity index (χ2n) is 6.93. The monoisotopic (exact) mass is 403 g/mol. The topological polar surface area (TPSA) is 113 Å². The number of nitrogens with zero attached hydrogens (tertiary/aromatic N) is 2. The fourth-order valence-electron chi connectivity index (χ4n) is 3.19. The molecule has 1 heterocycles. The Kier molecular flexibility index (Phi) is 6.63. The number of carbonyl (C=O) groups excluding carboxylic acids is 2. The van der Waals surface area contributed by atoms with Crippen LogP contribution in [0.5, 0.6) is 5.75 Å². The molecule has 0 bridgehead atoms.